The Labute approximate surface area is 106 Å². The molecule has 0 fully saturated rings. The molecule has 1 aromatic carbocycles. The molecule has 0 bridgehead atoms. The van der Waals surface area contributed by atoms with Crippen LogP contribution in [0.3, 0.4) is 0 Å². The van der Waals surface area contributed by atoms with E-state index in [1.807, 2.05) is 32.1 Å². The van der Waals surface area contributed by atoms with E-state index in [4.69, 9.17) is 27.9 Å². The lowest BCUT2D eigenvalue weighted by Gasteiger charge is -2.15. The first-order valence-electron chi connectivity index (χ1n) is 4.98. The van der Waals surface area contributed by atoms with Crippen LogP contribution >= 0.6 is 23.2 Å². The third kappa shape index (κ3) is 3.03. The second kappa shape index (κ2) is 5.97. The lowest BCUT2D eigenvalue weighted by Crippen LogP contribution is -1.99. The van der Waals surface area contributed by atoms with E-state index in [1.54, 1.807) is 6.07 Å². The first-order chi connectivity index (χ1) is 7.60. The SMILES string of the molecule is C=CO/C(=C\C)C(C)c1ccc(Cl)c(Cl)c1. The first kappa shape index (κ1) is 13.1. The molecule has 1 rings (SSSR count). The van der Waals surface area contributed by atoms with Crippen molar-refractivity contribution in [2.75, 3.05) is 0 Å². The Kier molecular flexibility index (Phi) is 4.91. The number of allylic oxidation sites excluding steroid dienone is 2. The summed E-state index contributed by atoms with van der Waals surface area (Å²) in [5.41, 5.74) is 1.06. The van der Waals surface area contributed by atoms with Gasteiger partial charge in [0, 0.05) is 5.92 Å². The predicted octanol–water partition coefficient (Wildman–Crippen LogP) is 5.16. The largest absolute Gasteiger partial charge is 0.470 e. The van der Waals surface area contributed by atoms with Crippen molar-refractivity contribution in [2.45, 2.75) is 19.8 Å². The van der Waals surface area contributed by atoms with E-state index >= 15 is 0 Å². The van der Waals surface area contributed by atoms with E-state index in [0.29, 0.717) is 10.0 Å². The highest BCUT2D eigenvalue weighted by molar-refractivity contribution is 6.42. The van der Waals surface area contributed by atoms with Crippen molar-refractivity contribution in [3.05, 3.63) is 58.5 Å². The molecule has 16 heavy (non-hydrogen) atoms. The summed E-state index contributed by atoms with van der Waals surface area (Å²) in [6, 6.07) is 5.58. The fraction of sp³-hybridized carbons (Fsp3) is 0.231. The first-order valence-corrected chi connectivity index (χ1v) is 5.74. The van der Waals surface area contributed by atoms with E-state index in [0.717, 1.165) is 11.3 Å². The molecule has 0 aliphatic rings. The molecule has 0 spiro atoms. The zero-order valence-electron chi connectivity index (χ0n) is 9.34. The zero-order chi connectivity index (χ0) is 12.1. The molecule has 0 amide bonds. The van der Waals surface area contributed by atoms with Gasteiger partial charge < -0.3 is 4.74 Å². The van der Waals surface area contributed by atoms with Crippen LogP contribution in [0.15, 0.2) is 42.9 Å². The van der Waals surface area contributed by atoms with Gasteiger partial charge in [0.2, 0.25) is 0 Å². The van der Waals surface area contributed by atoms with Gasteiger partial charge in [0.05, 0.1) is 16.3 Å². The number of rotatable bonds is 4. The predicted molar refractivity (Wildman–Crippen MR) is 69.9 cm³/mol. The monoisotopic (exact) mass is 256 g/mol. The van der Waals surface area contributed by atoms with Gasteiger partial charge in [-0.05, 0) is 30.7 Å². The molecule has 0 saturated heterocycles. The second-order valence-electron chi connectivity index (χ2n) is 3.37. The number of benzene rings is 1. The number of hydrogen-bond donors (Lipinski definition) is 0. The summed E-state index contributed by atoms with van der Waals surface area (Å²) in [5.74, 6) is 0.964. The average Bonchev–Trinajstić information content (AvgIpc) is 2.28. The Morgan fingerprint density at radius 1 is 1.38 bits per heavy atom. The summed E-state index contributed by atoms with van der Waals surface area (Å²) in [4.78, 5) is 0. The van der Waals surface area contributed by atoms with E-state index in [-0.39, 0.29) is 5.92 Å². The third-order valence-corrected chi connectivity index (χ3v) is 3.11. The normalized spacial score (nSPS) is 13.4. The van der Waals surface area contributed by atoms with Crippen LogP contribution in [0.2, 0.25) is 10.0 Å². The van der Waals surface area contributed by atoms with Crippen molar-refractivity contribution in [1.29, 1.82) is 0 Å². The molecule has 1 atom stereocenters. The second-order valence-corrected chi connectivity index (χ2v) is 4.19. The Morgan fingerprint density at radius 3 is 2.56 bits per heavy atom. The molecule has 0 aliphatic heterocycles. The highest BCUT2D eigenvalue weighted by Crippen LogP contribution is 2.30. The van der Waals surface area contributed by atoms with Gasteiger partial charge in [0.1, 0.15) is 5.76 Å². The summed E-state index contributed by atoms with van der Waals surface area (Å²) in [6.45, 7) is 7.51. The van der Waals surface area contributed by atoms with Crippen LogP contribution in [-0.2, 0) is 4.74 Å². The molecule has 0 radical (unpaired) electrons. The molecule has 0 aliphatic carbocycles. The van der Waals surface area contributed by atoms with Gasteiger partial charge in [-0.3, -0.25) is 0 Å². The molecule has 0 N–H and O–H groups in total. The summed E-state index contributed by atoms with van der Waals surface area (Å²) < 4.78 is 5.33. The van der Waals surface area contributed by atoms with Gasteiger partial charge >= 0.3 is 0 Å². The standard InChI is InChI=1S/C13H14Cl2O/c1-4-13(16-5-2)9(3)10-6-7-11(14)12(15)8-10/h4-9H,2H2,1,3H3/b13-4-. The highest BCUT2D eigenvalue weighted by atomic mass is 35.5. The molecule has 1 nitrogen and oxygen atoms in total. The minimum absolute atomic E-state index is 0.123. The fourth-order valence-electron chi connectivity index (χ4n) is 1.46. The van der Waals surface area contributed by atoms with Crippen LogP contribution in [0.1, 0.15) is 25.3 Å². The minimum Gasteiger partial charge on any atom is -0.470 e. The number of halogens is 2. The Hall–Kier alpha value is -0.920. The topological polar surface area (TPSA) is 9.23 Å². The molecule has 1 aromatic rings. The molecule has 86 valence electrons. The average molecular weight is 257 g/mol. The van der Waals surface area contributed by atoms with Crippen molar-refractivity contribution in [3.63, 3.8) is 0 Å². The molecular weight excluding hydrogens is 243 g/mol. The molecule has 0 aromatic heterocycles. The van der Waals surface area contributed by atoms with Gasteiger partial charge in [-0.2, -0.15) is 0 Å². The van der Waals surface area contributed by atoms with Gasteiger partial charge in [-0.25, -0.2) is 0 Å². The highest BCUT2D eigenvalue weighted by Gasteiger charge is 2.12. The van der Waals surface area contributed by atoms with E-state index in [2.05, 4.69) is 6.58 Å². The van der Waals surface area contributed by atoms with Gasteiger partial charge in [-0.1, -0.05) is 42.8 Å². The fourth-order valence-corrected chi connectivity index (χ4v) is 1.77. The lowest BCUT2D eigenvalue weighted by atomic mass is 9.99. The zero-order valence-corrected chi connectivity index (χ0v) is 10.8. The molecule has 1 unspecified atom stereocenters. The molecule has 0 saturated carbocycles. The summed E-state index contributed by atoms with van der Waals surface area (Å²) >= 11 is 11.8. The van der Waals surface area contributed by atoms with Crippen LogP contribution in [0.25, 0.3) is 0 Å². The third-order valence-electron chi connectivity index (χ3n) is 2.37. The lowest BCUT2D eigenvalue weighted by molar-refractivity contribution is 0.323. The Morgan fingerprint density at radius 2 is 2.06 bits per heavy atom. The van der Waals surface area contributed by atoms with E-state index in [9.17, 15) is 0 Å². The van der Waals surface area contributed by atoms with Crippen LogP contribution < -0.4 is 0 Å². The summed E-state index contributed by atoms with van der Waals surface area (Å²) in [5, 5.41) is 1.12. The van der Waals surface area contributed by atoms with Crippen molar-refractivity contribution < 1.29 is 4.74 Å². The van der Waals surface area contributed by atoms with Crippen molar-refractivity contribution >= 4 is 23.2 Å². The van der Waals surface area contributed by atoms with Crippen molar-refractivity contribution in [1.82, 2.24) is 0 Å². The number of ether oxygens (including phenoxy) is 1. The van der Waals surface area contributed by atoms with Crippen LogP contribution in [-0.4, -0.2) is 0 Å². The van der Waals surface area contributed by atoms with Crippen LogP contribution in [0.5, 0.6) is 0 Å². The summed E-state index contributed by atoms with van der Waals surface area (Å²) in [7, 11) is 0. The van der Waals surface area contributed by atoms with Gasteiger partial charge in [0.15, 0.2) is 0 Å². The van der Waals surface area contributed by atoms with Crippen molar-refractivity contribution in [2.24, 2.45) is 0 Å². The summed E-state index contributed by atoms with van der Waals surface area (Å²) in [6.07, 6.45) is 3.33. The Bertz CT molecular complexity index is 410. The smallest absolute Gasteiger partial charge is 0.106 e. The van der Waals surface area contributed by atoms with Gasteiger partial charge in [-0.15, -0.1) is 0 Å². The van der Waals surface area contributed by atoms with E-state index in [1.165, 1.54) is 6.26 Å². The maximum Gasteiger partial charge on any atom is 0.106 e. The molecular formula is C13H14Cl2O. The maximum atomic E-state index is 5.97. The quantitative estimate of drug-likeness (QED) is 0.677. The minimum atomic E-state index is 0.123. The molecule has 0 heterocycles. The van der Waals surface area contributed by atoms with Gasteiger partial charge in [0.25, 0.3) is 0 Å². The number of hydrogen-bond acceptors (Lipinski definition) is 1. The van der Waals surface area contributed by atoms with E-state index < -0.39 is 0 Å². The van der Waals surface area contributed by atoms with Crippen LogP contribution in [0.4, 0.5) is 0 Å². The Balaban J connectivity index is 2.99. The molecule has 3 heteroatoms. The maximum absolute atomic E-state index is 5.97. The van der Waals surface area contributed by atoms with Crippen LogP contribution in [0, 0.1) is 0 Å². The van der Waals surface area contributed by atoms with Crippen molar-refractivity contribution in [3.8, 4) is 0 Å².